The van der Waals surface area contributed by atoms with Gasteiger partial charge in [0.1, 0.15) is 22.2 Å². The van der Waals surface area contributed by atoms with Crippen LogP contribution in [0.3, 0.4) is 0 Å². The number of nitrogens with zero attached hydrogens (tertiary/aromatic N) is 1. The van der Waals surface area contributed by atoms with E-state index in [4.69, 9.17) is 14.6 Å². The number of methoxy groups -OCH3 is 1. The maximum absolute atomic E-state index is 11.1. The van der Waals surface area contributed by atoms with Gasteiger partial charge in [-0.25, -0.2) is 9.78 Å². The smallest absolute Gasteiger partial charge is 0.347 e. The number of hydrogen-bond donors (Lipinski definition) is 1. The largest absolute Gasteiger partial charge is 0.486 e. The molecule has 100 valence electrons. The van der Waals surface area contributed by atoms with Gasteiger partial charge in [-0.2, -0.15) is 0 Å². The van der Waals surface area contributed by atoms with Crippen LogP contribution < -0.4 is 4.74 Å². The maximum Gasteiger partial charge on any atom is 0.347 e. The van der Waals surface area contributed by atoms with Crippen LogP contribution in [0.15, 0.2) is 30.3 Å². The fourth-order valence-electron chi connectivity index (χ4n) is 1.53. The first-order valence-electron chi connectivity index (χ1n) is 5.59. The first-order chi connectivity index (χ1) is 9.20. The summed E-state index contributed by atoms with van der Waals surface area (Å²) >= 11 is 1.11. The molecule has 0 saturated carbocycles. The van der Waals surface area contributed by atoms with Crippen molar-refractivity contribution in [1.29, 1.82) is 0 Å². The molecule has 6 heteroatoms. The molecule has 0 aliphatic rings. The number of aromatic carboxylic acids is 1. The topological polar surface area (TPSA) is 68.7 Å². The second kappa shape index (κ2) is 6.31. The standard InChI is InChI=1S/C13H13NO4S/c1-17-7-10-12(13(15)16)19-11(14-10)8-18-9-5-3-2-4-6-9/h2-6H,7-8H2,1H3,(H,15,16). The molecule has 0 amide bonds. The molecule has 0 aliphatic heterocycles. The van der Waals surface area contributed by atoms with E-state index in [0.29, 0.717) is 10.7 Å². The number of hydrogen-bond acceptors (Lipinski definition) is 5. The molecular formula is C13H13NO4S. The van der Waals surface area contributed by atoms with Gasteiger partial charge in [-0.15, -0.1) is 11.3 Å². The van der Waals surface area contributed by atoms with Gasteiger partial charge < -0.3 is 14.6 Å². The third kappa shape index (κ3) is 3.52. The van der Waals surface area contributed by atoms with Crippen molar-refractivity contribution in [2.75, 3.05) is 7.11 Å². The second-order valence-corrected chi connectivity index (χ2v) is 4.81. The summed E-state index contributed by atoms with van der Waals surface area (Å²) in [7, 11) is 1.51. The van der Waals surface area contributed by atoms with Crippen molar-refractivity contribution in [2.45, 2.75) is 13.2 Å². The van der Waals surface area contributed by atoms with Crippen LogP contribution in [0.1, 0.15) is 20.4 Å². The van der Waals surface area contributed by atoms with Crippen molar-refractivity contribution in [3.8, 4) is 5.75 Å². The van der Waals surface area contributed by atoms with Crippen molar-refractivity contribution in [3.63, 3.8) is 0 Å². The summed E-state index contributed by atoms with van der Waals surface area (Å²) in [5.74, 6) is -0.265. The molecule has 1 aromatic carbocycles. The minimum Gasteiger partial charge on any atom is -0.486 e. The highest BCUT2D eigenvalue weighted by Gasteiger charge is 2.17. The normalized spacial score (nSPS) is 10.4. The minimum absolute atomic E-state index is 0.184. The Labute approximate surface area is 114 Å². The number of ether oxygens (including phenoxy) is 2. The van der Waals surface area contributed by atoms with E-state index in [2.05, 4.69) is 4.98 Å². The number of carboxylic acid groups (broad SMARTS) is 1. The van der Waals surface area contributed by atoms with Gasteiger partial charge in [-0.1, -0.05) is 18.2 Å². The number of carbonyl (C=O) groups is 1. The van der Waals surface area contributed by atoms with Crippen LogP contribution in [0.4, 0.5) is 0 Å². The van der Waals surface area contributed by atoms with E-state index >= 15 is 0 Å². The Hall–Kier alpha value is -1.92. The number of benzene rings is 1. The van der Waals surface area contributed by atoms with Crippen LogP contribution in [0.25, 0.3) is 0 Å². The number of thiazole rings is 1. The molecule has 0 aliphatic carbocycles. The first-order valence-corrected chi connectivity index (χ1v) is 6.41. The fraction of sp³-hybridized carbons (Fsp3) is 0.231. The summed E-state index contributed by atoms with van der Waals surface area (Å²) in [6.45, 7) is 0.433. The summed E-state index contributed by atoms with van der Waals surface area (Å²) in [4.78, 5) is 15.5. The molecule has 1 aromatic heterocycles. The Morgan fingerprint density at radius 2 is 2.05 bits per heavy atom. The number of carboxylic acids is 1. The quantitative estimate of drug-likeness (QED) is 0.880. The zero-order valence-electron chi connectivity index (χ0n) is 10.3. The van der Waals surface area contributed by atoms with Crippen LogP contribution in [0.5, 0.6) is 5.75 Å². The van der Waals surface area contributed by atoms with Gasteiger partial charge >= 0.3 is 5.97 Å². The van der Waals surface area contributed by atoms with Crippen LogP contribution in [-0.2, 0) is 18.0 Å². The van der Waals surface area contributed by atoms with E-state index in [1.165, 1.54) is 7.11 Å². The van der Waals surface area contributed by atoms with Gasteiger partial charge in [0, 0.05) is 7.11 Å². The molecular weight excluding hydrogens is 266 g/mol. The number of rotatable bonds is 6. The highest BCUT2D eigenvalue weighted by atomic mass is 32.1. The van der Waals surface area contributed by atoms with E-state index in [1.54, 1.807) is 0 Å². The molecule has 0 spiro atoms. The third-order valence-corrected chi connectivity index (χ3v) is 3.38. The third-order valence-electron chi connectivity index (χ3n) is 2.32. The van der Waals surface area contributed by atoms with Crippen LogP contribution in [0, 0.1) is 0 Å². The Balaban J connectivity index is 2.08. The van der Waals surface area contributed by atoms with Gasteiger partial charge in [0.2, 0.25) is 0 Å². The summed E-state index contributed by atoms with van der Waals surface area (Å²) < 4.78 is 10.5. The lowest BCUT2D eigenvalue weighted by Crippen LogP contribution is -2.00. The molecule has 5 nitrogen and oxygen atoms in total. The molecule has 1 N–H and O–H groups in total. The maximum atomic E-state index is 11.1. The molecule has 0 atom stereocenters. The summed E-state index contributed by atoms with van der Waals surface area (Å²) in [6, 6.07) is 9.31. The molecule has 1 heterocycles. The highest BCUT2D eigenvalue weighted by Crippen LogP contribution is 2.21. The van der Waals surface area contributed by atoms with E-state index in [1.807, 2.05) is 30.3 Å². The van der Waals surface area contributed by atoms with Gasteiger partial charge in [0.05, 0.1) is 12.3 Å². The van der Waals surface area contributed by atoms with Crippen molar-refractivity contribution >= 4 is 17.3 Å². The van der Waals surface area contributed by atoms with Gasteiger partial charge in [0.25, 0.3) is 0 Å². The van der Waals surface area contributed by atoms with Gasteiger partial charge in [-0.05, 0) is 12.1 Å². The molecule has 0 fully saturated rings. The number of aromatic nitrogens is 1. The molecule has 19 heavy (non-hydrogen) atoms. The molecule has 0 saturated heterocycles. The zero-order valence-corrected chi connectivity index (χ0v) is 11.1. The SMILES string of the molecule is COCc1nc(COc2ccccc2)sc1C(=O)O. The van der Waals surface area contributed by atoms with Gasteiger partial charge in [-0.3, -0.25) is 0 Å². The Morgan fingerprint density at radius 1 is 1.32 bits per heavy atom. The predicted octanol–water partition coefficient (Wildman–Crippen LogP) is 2.57. The minimum atomic E-state index is -0.990. The monoisotopic (exact) mass is 279 g/mol. The lowest BCUT2D eigenvalue weighted by molar-refractivity contribution is 0.0697. The van der Waals surface area contributed by atoms with E-state index in [9.17, 15) is 4.79 Å². The second-order valence-electron chi connectivity index (χ2n) is 3.72. The molecule has 0 unspecified atom stereocenters. The zero-order chi connectivity index (χ0) is 13.7. The Bertz CT molecular complexity index is 553. The highest BCUT2D eigenvalue weighted by molar-refractivity contribution is 7.13. The average molecular weight is 279 g/mol. The van der Waals surface area contributed by atoms with Gasteiger partial charge in [0.15, 0.2) is 0 Å². The average Bonchev–Trinajstić information content (AvgIpc) is 2.81. The fourth-order valence-corrected chi connectivity index (χ4v) is 2.35. The Kier molecular flexibility index (Phi) is 4.48. The van der Waals surface area contributed by atoms with Crippen LogP contribution in [0.2, 0.25) is 0 Å². The van der Waals surface area contributed by atoms with Crippen molar-refractivity contribution in [2.24, 2.45) is 0 Å². The molecule has 2 rings (SSSR count). The summed E-state index contributed by atoms with van der Waals surface area (Å²) in [6.07, 6.45) is 0. The van der Waals surface area contributed by atoms with E-state index in [0.717, 1.165) is 17.1 Å². The molecule has 0 bridgehead atoms. The van der Waals surface area contributed by atoms with E-state index < -0.39 is 5.97 Å². The lowest BCUT2D eigenvalue weighted by atomic mass is 10.3. The van der Waals surface area contributed by atoms with Crippen LogP contribution in [-0.4, -0.2) is 23.2 Å². The predicted molar refractivity (Wildman–Crippen MR) is 70.6 cm³/mol. The summed E-state index contributed by atoms with van der Waals surface area (Å²) in [5.41, 5.74) is 0.437. The summed E-state index contributed by atoms with van der Waals surface area (Å²) in [5, 5.41) is 9.68. The molecule has 2 aromatic rings. The van der Waals surface area contributed by atoms with Crippen molar-refractivity contribution in [1.82, 2.24) is 4.98 Å². The van der Waals surface area contributed by atoms with Crippen molar-refractivity contribution < 1.29 is 19.4 Å². The Morgan fingerprint density at radius 3 is 2.68 bits per heavy atom. The number of para-hydroxylation sites is 1. The molecule has 0 radical (unpaired) electrons. The first kappa shape index (κ1) is 13.5. The van der Waals surface area contributed by atoms with Crippen LogP contribution >= 0.6 is 11.3 Å². The van der Waals surface area contributed by atoms with Crippen molar-refractivity contribution in [3.05, 3.63) is 45.9 Å². The lowest BCUT2D eigenvalue weighted by Gasteiger charge is -2.02. The van der Waals surface area contributed by atoms with E-state index in [-0.39, 0.29) is 18.1 Å².